The fourth-order valence-corrected chi connectivity index (χ4v) is 5.36. The van der Waals surface area contributed by atoms with Crippen LogP contribution in [0.15, 0.2) is 0 Å². The normalized spacial score (nSPS) is 35.5. The highest BCUT2D eigenvalue weighted by Gasteiger charge is 2.66. The number of rotatable bonds is 6. The largest absolute Gasteiger partial charge is 0.465 e. The number of alkyl halides is 4. The van der Waals surface area contributed by atoms with Gasteiger partial charge in [0.05, 0.1) is 18.4 Å². The molecule has 5 nitrogen and oxygen atoms in total. The summed E-state index contributed by atoms with van der Waals surface area (Å²) in [6.45, 7) is -1.03. The fraction of sp³-hybridized carbons (Fsp3) is 0.929. The molecule has 24 heavy (non-hydrogen) atoms. The van der Waals surface area contributed by atoms with Gasteiger partial charge in [-0.3, -0.25) is 9.35 Å². The number of halogens is 4. The predicted molar refractivity (Wildman–Crippen MR) is 73.0 cm³/mol. The molecule has 0 heterocycles. The Hall–Kier alpha value is -0.900. The molecule has 2 unspecified atom stereocenters. The summed E-state index contributed by atoms with van der Waals surface area (Å²) in [5.74, 6) is -4.66. The van der Waals surface area contributed by atoms with Gasteiger partial charge < -0.3 is 4.74 Å². The second-order valence-corrected chi connectivity index (χ2v) is 8.75. The summed E-state index contributed by atoms with van der Waals surface area (Å²) >= 11 is 0. The van der Waals surface area contributed by atoms with Gasteiger partial charge in [-0.05, 0) is 49.9 Å². The Morgan fingerprint density at radius 3 is 2.17 bits per heavy atom. The van der Waals surface area contributed by atoms with Crippen molar-refractivity contribution in [3.05, 3.63) is 0 Å². The number of esters is 1. The molecule has 0 aliphatic heterocycles. The van der Waals surface area contributed by atoms with Crippen molar-refractivity contribution < 1.29 is 40.1 Å². The van der Waals surface area contributed by atoms with Crippen molar-refractivity contribution >= 4 is 16.1 Å². The molecule has 4 aliphatic rings. The zero-order valence-corrected chi connectivity index (χ0v) is 13.5. The molecular formula is C14H18F4O5S. The van der Waals surface area contributed by atoms with Crippen molar-refractivity contribution in [3.8, 4) is 0 Å². The highest BCUT2D eigenvalue weighted by atomic mass is 32.2. The highest BCUT2D eigenvalue weighted by molar-refractivity contribution is 7.87. The molecular weight excluding hydrogens is 356 g/mol. The van der Waals surface area contributed by atoms with E-state index in [-0.39, 0.29) is 5.92 Å². The van der Waals surface area contributed by atoms with E-state index in [1.165, 1.54) is 0 Å². The van der Waals surface area contributed by atoms with Crippen molar-refractivity contribution in [1.29, 1.82) is 0 Å². The molecule has 0 aromatic heterocycles. The van der Waals surface area contributed by atoms with E-state index in [1.54, 1.807) is 0 Å². The molecule has 1 N–H and O–H groups in total. The minimum absolute atomic E-state index is 0.161. The van der Waals surface area contributed by atoms with Crippen LogP contribution in [0.25, 0.3) is 0 Å². The van der Waals surface area contributed by atoms with E-state index in [1.807, 2.05) is 0 Å². The molecule has 4 saturated carbocycles. The van der Waals surface area contributed by atoms with Crippen LogP contribution in [0.5, 0.6) is 0 Å². The third-order valence-electron chi connectivity index (χ3n) is 5.80. The van der Waals surface area contributed by atoms with Crippen molar-refractivity contribution in [2.75, 3.05) is 6.61 Å². The monoisotopic (exact) mass is 374 g/mol. The van der Waals surface area contributed by atoms with Crippen molar-refractivity contribution in [1.82, 2.24) is 0 Å². The average molecular weight is 374 g/mol. The Balaban J connectivity index is 1.60. The third kappa shape index (κ3) is 2.53. The van der Waals surface area contributed by atoms with Gasteiger partial charge in [-0.15, -0.1) is 0 Å². The lowest BCUT2D eigenvalue weighted by atomic mass is 9.75. The van der Waals surface area contributed by atoms with E-state index < -0.39 is 45.7 Å². The van der Waals surface area contributed by atoms with Gasteiger partial charge in [0.15, 0.2) is 0 Å². The van der Waals surface area contributed by atoms with E-state index in [2.05, 4.69) is 0 Å². The molecule has 0 spiro atoms. The summed E-state index contributed by atoms with van der Waals surface area (Å²) in [6.07, 6.45) is 2.48. The number of hydrogen-bond acceptors (Lipinski definition) is 4. The van der Waals surface area contributed by atoms with Gasteiger partial charge in [-0.2, -0.15) is 26.0 Å². The van der Waals surface area contributed by atoms with Crippen molar-refractivity contribution in [2.45, 2.75) is 49.7 Å². The molecule has 0 aromatic rings. The van der Waals surface area contributed by atoms with Crippen LogP contribution in [0.1, 0.15) is 38.5 Å². The van der Waals surface area contributed by atoms with E-state index in [4.69, 9.17) is 9.29 Å². The number of carbonyl (C=O) groups is 1. The van der Waals surface area contributed by atoms with Crippen LogP contribution in [0.2, 0.25) is 0 Å². The van der Waals surface area contributed by atoms with E-state index in [0.717, 1.165) is 19.3 Å². The topological polar surface area (TPSA) is 80.7 Å². The lowest BCUT2D eigenvalue weighted by molar-refractivity contribution is -0.179. The summed E-state index contributed by atoms with van der Waals surface area (Å²) in [7, 11) is -6.27. The molecule has 0 aromatic carbocycles. The van der Waals surface area contributed by atoms with Crippen LogP contribution in [-0.4, -0.2) is 36.7 Å². The number of hydrogen-bond donors (Lipinski definition) is 1. The molecule has 4 fully saturated rings. The van der Waals surface area contributed by atoms with Crippen LogP contribution < -0.4 is 0 Å². The first-order valence-corrected chi connectivity index (χ1v) is 9.23. The molecule has 4 bridgehead atoms. The Labute approximate surface area is 136 Å². The van der Waals surface area contributed by atoms with E-state index in [9.17, 15) is 30.8 Å². The van der Waals surface area contributed by atoms with Crippen molar-refractivity contribution in [3.63, 3.8) is 0 Å². The van der Waals surface area contributed by atoms with E-state index in [0.29, 0.717) is 24.7 Å². The first kappa shape index (κ1) is 17.9. The molecule has 138 valence electrons. The lowest BCUT2D eigenvalue weighted by Gasteiger charge is -2.31. The summed E-state index contributed by atoms with van der Waals surface area (Å²) in [5, 5.41) is -5.63. The number of carbonyl (C=O) groups excluding carboxylic acids is 1. The van der Waals surface area contributed by atoms with Gasteiger partial charge in [-0.1, -0.05) is 0 Å². The SMILES string of the molecule is O=C(OCCC(F)(F)C(F)(F)S(=O)(=O)O)C12CC3CC(CC1C3)C2. The molecule has 10 heteroatoms. The lowest BCUT2D eigenvalue weighted by Crippen LogP contribution is -2.47. The van der Waals surface area contributed by atoms with Crippen LogP contribution in [0, 0.1) is 23.2 Å². The van der Waals surface area contributed by atoms with Gasteiger partial charge >= 0.3 is 27.3 Å². The van der Waals surface area contributed by atoms with E-state index >= 15 is 0 Å². The van der Waals surface area contributed by atoms with Crippen molar-refractivity contribution in [2.24, 2.45) is 23.2 Å². The fourth-order valence-electron chi connectivity index (χ4n) is 4.88. The molecule has 0 amide bonds. The first-order valence-electron chi connectivity index (χ1n) is 7.79. The molecule has 0 saturated heterocycles. The Bertz CT molecular complexity index is 634. The van der Waals surface area contributed by atoms with Gasteiger partial charge in [0.2, 0.25) is 0 Å². The zero-order chi connectivity index (χ0) is 18.0. The van der Waals surface area contributed by atoms with Gasteiger partial charge in [0, 0.05) is 0 Å². The first-order chi connectivity index (χ1) is 10.9. The second-order valence-electron chi connectivity index (χ2n) is 7.28. The van der Waals surface area contributed by atoms with Crippen LogP contribution in [0.4, 0.5) is 17.6 Å². The molecule has 2 atom stereocenters. The maximum atomic E-state index is 13.4. The maximum Gasteiger partial charge on any atom is 0.431 e. The van der Waals surface area contributed by atoms with Crippen LogP contribution in [0.3, 0.4) is 0 Å². The van der Waals surface area contributed by atoms with Gasteiger partial charge in [0.25, 0.3) is 0 Å². The zero-order valence-electron chi connectivity index (χ0n) is 12.7. The van der Waals surface area contributed by atoms with Crippen LogP contribution in [-0.2, 0) is 19.6 Å². The minimum Gasteiger partial charge on any atom is -0.465 e. The summed E-state index contributed by atoms with van der Waals surface area (Å²) in [4.78, 5) is 12.3. The Morgan fingerprint density at radius 2 is 1.67 bits per heavy atom. The number of ether oxygens (including phenoxy) is 1. The van der Waals surface area contributed by atoms with Gasteiger partial charge in [-0.25, -0.2) is 0 Å². The Morgan fingerprint density at radius 1 is 1.12 bits per heavy atom. The molecule has 4 rings (SSSR count). The smallest absolute Gasteiger partial charge is 0.431 e. The predicted octanol–water partition coefficient (Wildman–Crippen LogP) is 2.86. The maximum absolute atomic E-state index is 13.4. The summed E-state index contributed by atoms with van der Waals surface area (Å²) in [6, 6.07) is 0. The van der Waals surface area contributed by atoms with Gasteiger partial charge in [0.1, 0.15) is 0 Å². The minimum atomic E-state index is -6.27. The van der Waals surface area contributed by atoms with Crippen LogP contribution >= 0.6 is 0 Å². The summed E-state index contributed by atoms with van der Waals surface area (Å²) in [5.41, 5.74) is -0.686. The summed E-state index contributed by atoms with van der Waals surface area (Å²) < 4.78 is 86.8. The standard InChI is InChI=1S/C14H18F4O5S/c15-13(16,14(17,18)24(20,21)22)1-2-23-11(19)12-6-8-3-9(7-12)5-10(12)4-8/h8-10H,1-7H2,(H,20,21,22). The average Bonchev–Trinajstić information content (AvgIpc) is 2.83. The third-order valence-corrected chi connectivity index (χ3v) is 6.74. The quantitative estimate of drug-likeness (QED) is 0.439. The second kappa shape index (κ2) is 5.30. The molecule has 4 aliphatic carbocycles. The molecule has 0 radical (unpaired) electrons. The Kier molecular flexibility index (Phi) is 3.95. The highest BCUT2D eigenvalue weighted by Crippen LogP contribution is 2.65.